The molecule has 5 N–H and O–H groups in total. The van der Waals surface area contributed by atoms with Gasteiger partial charge in [-0.1, -0.05) is 11.8 Å². The summed E-state index contributed by atoms with van der Waals surface area (Å²) in [6.07, 6.45) is 14.9. The monoisotopic (exact) mass is 639 g/mol. The smallest absolute Gasteiger partial charge is 0.318 e. The standard InChI is InChI=1S/C32H36F2N5O5P/c1-4-6-8-10-11-12-14-22-20-39(30-28(22)31(41)38-32(35)37-30)27-18-25(40)26(43-27)19-36-45(42-15-13-9-7-5-2)44-29-23(33)16-21(3)17-24(29)34/h1-2,16-17,20,25-27,36,40H,6-11,13,15,18-19H2,3H3,(H3,35,37,38,41)/t25-,26?,27-,45?/m1/s1. The Morgan fingerprint density at radius 1 is 1.20 bits per heavy atom. The highest BCUT2D eigenvalue weighted by atomic mass is 31.2. The molecule has 4 rings (SSSR count). The van der Waals surface area contributed by atoms with E-state index in [0.717, 1.165) is 12.8 Å². The Balaban J connectivity index is 1.49. The van der Waals surface area contributed by atoms with Crippen molar-refractivity contribution in [2.75, 3.05) is 18.9 Å². The second-order valence-electron chi connectivity index (χ2n) is 10.5. The van der Waals surface area contributed by atoms with Gasteiger partial charge >= 0.3 is 8.53 Å². The van der Waals surface area contributed by atoms with E-state index in [1.807, 2.05) is 0 Å². The van der Waals surface area contributed by atoms with E-state index >= 15 is 0 Å². The van der Waals surface area contributed by atoms with Crippen LogP contribution in [0.25, 0.3) is 11.0 Å². The molecule has 0 saturated carbocycles. The van der Waals surface area contributed by atoms with Gasteiger partial charge in [0.05, 0.1) is 29.8 Å². The van der Waals surface area contributed by atoms with Crippen LogP contribution in [0.15, 0.2) is 23.1 Å². The largest absolute Gasteiger partial charge is 0.430 e. The number of aryl methyl sites for hydroxylation is 1. The number of fused-ring (bicyclic) bond motifs is 1. The van der Waals surface area contributed by atoms with Crippen molar-refractivity contribution in [2.45, 2.75) is 76.7 Å². The lowest BCUT2D eigenvalue weighted by molar-refractivity contribution is -0.0135. The molecule has 1 fully saturated rings. The fourth-order valence-electron chi connectivity index (χ4n) is 4.76. The third-order valence-electron chi connectivity index (χ3n) is 6.97. The molecule has 3 heterocycles. The number of nitrogens with zero attached hydrogens (tertiary/aromatic N) is 2. The van der Waals surface area contributed by atoms with Crippen LogP contribution < -0.4 is 20.9 Å². The summed E-state index contributed by atoms with van der Waals surface area (Å²) in [5, 5.41) is 14.2. The number of nitrogens with one attached hydrogen (secondary N) is 2. The van der Waals surface area contributed by atoms with Crippen molar-refractivity contribution in [1.29, 1.82) is 0 Å². The van der Waals surface area contributed by atoms with E-state index in [-0.39, 0.29) is 36.6 Å². The van der Waals surface area contributed by atoms with Crippen molar-refractivity contribution in [1.82, 2.24) is 19.6 Å². The lowest BCUT2D eigenvalue weighted by Gasteiger charge is -2.22. The minimum absolute atomic E-state index is 0.0303. The van der Waals surface area contributed by atoms with Crippen LogP contribution in [0.4, 0.5) is 14.7 Å². The van der Waals surface area contributed by atoms with E-state index in [2.05, 4.69) is 38.7 Å². The molecule has 2 unspecified atom stereocenters. The number of aromatic amines is 1. The molecule has 1 aromatic carbocycles. The van der Waals surface area contributed by atoms with Crippen LogP contribution in [0, 0.1) is 55.1 Å². The number of hydrogen-bond acceptors (Lipinski definition) is 8. The van der Waals surface area contributed by atoms with Crippen LogP contribution >= 0.6 is 8.53 Å². The Hall–Kier alpha value is -3.95. The zero-order chi connectivity index (χ0) is 32.3. The van der Waals surface area contributed by atoms with Gasteiger partial charge in [-0.2, -0.15) is 4.98 Å². The third kappa shape index (κ3) is 9.05. The first-order valence-corrected chi connectivity index (χ1v) is 15.8. The zero-order valence-corrected chi connectivity index (χ0v) is 25.8. The highest BCUT2D eigenvalue weighted by Crippen LogP contribution is 2.40. The Morgan fingerprint density at radius 2 is 1.89 bits per heavy atom. The molecule has 0 spiro atoms. The quantitative estimate of drug-likeness (QED) is 0.112. The first-order chi connectivity index (χ1) is 21.7. The third-order valence-corrected chi connectivity index (χ3v) is 8.18. The number of ether oxygens (including phenoxy) is 1. The van der Waals surface area contributed by atoms with Crippen molar-refractivity contribution in [3.63, 3.8) is 0 Å². The van der Waals surface area contributed by atoms with Crippen molar-refractivity contribution in [3.8, 4) is 42.3 Å². The molecule has 1 aliphatic heterocycles. The van der Waals surface area contributed by atoms with Crippen LogP contribution in [0.1, 0.15) is 68.7 Å². The Kier molecular flexibility index (Phi) is 12.4. The number of benzene rings is 1. The first-order valence-electron chi connectivity index (χ1n) is 14.6. The number of aliphatic hydroxyl groups is 1. The summed E-state index contributed by atoms with van der Waals surface area (Å²) in [7, 11) is -2.03. The van der Waals surface area contributed by atoms with E-state index in [0.29, 0.717) is 43.2 Å². The molecule has 238 valence electrons. The van der Waals surface area contributed by atoms with Gasteiger partial charge in [0.15, 0.2) is 23.0 Å². The SMILES string of the molecule is C#CCCCCC#Cc1cn([C@H]2C[C@@H](O)C(CNP(OCCCCC#C)Oc3c(F)cc(C)cc3F)O2)c2nc(N)[nH]c(=O)c12. The summed E-state index contributed by atoms with van der Waals surface area (Å²) in [6, 6.07) is 2.33. The van der Waals surface area contributed by atoms with Crippen molar-refractivity contribution in [2.24, 2.45) is 0 Å². The van der Waals surface area contributed by atoms with Gasteiger partial charge in [-0.25, -0.2) is 13.9 Å². The number of halogens is 2. The van der Waals surface area contributed by atoms with E-state index < -0.39 is 49.9 Å². The molecular formula is C32H36F2N5O5P. The molecule has 13 heteroatoms. The lowest BCUT2D eigenvalue weighted by atomic mass is 10.2. The average molecular weight is 640 g/mol. The van der Waals surface area contributed by atoms with E-state index in [1.165, 1.54) is 12.1 Å². The molecule has 0 bridgehead atoms. The molecular weight excluding hydrogens is 603 g/mol. The summed E-state index contributed by atoms with van der Waals surface area (Å²) < 4.78 is 48.3. The molecule has 4 atom stereocenters. The number of aliphatic hydroxyl groups excluding tert-OH is 1. The lowest BCUT2D eigenvalue weighted by Crippen LogP contribution is -2.32. The number of unbranched alkanes of at least 4 members (excludes halogenated alkanes) is 5. The van der Waals surface area contributed by atoms with Gasteiger partial charge in [-0.3, -0.25) is 9.78 Å². The van der Waals surface area contributed by atoms with E-state index in [4.69, 9.17) is 32.4 Å². The molecule has 3 aromatic rings. The molecule has 2 aromatic heterocycles. The Bertz CT molecular complexity index is 1660. The first kappa shape index (κ1) is 33.9. The second kappa shape index (κ2) is 16.4. The molecule has 45 heavy (non-hydrogen) atoms. The minimum Gasteiger partial charge on any atom is -0.430 e. The number of nitrogen functional groups attached to an aromatic ring is 1. The average Bonchev–Trinajstić information content (AvgIpc) is 3.54. The number of anilines is 1. The fraction of sp³-hybridized carbons (Fsp3) is 0.438. The fourth-order valence-corrected chi connectivity index (χ4v) is 5.93. The van der Waals surface area contributed by atoms with Crippen molar-refractivity contribution < 1.29 is 27.7 Å². The highest BCUT2D eigenvalue weighted by Gasteiger charge is 2.37. The molecule has 10 nitrogen and oxygen atoms in total. The number of nitrogens with two attached hydrogens (primary N) is 1. The van der Waals surface area contributed by atoms with E-state index in [1.54, 1.807) is 17.7 Å². The van der Waals surface area contributed by atoms with Crippen LogP contribution in [-0.2, 0) is 9.26 Å². The van der Waals surface area contributed by atoms with Gasteiger partial charge in [-0.05, 0) is 50.3 Å². The molecule has 0 radical (unpaired) electrons. The number of aromatic nitrogens is 3. The predicted octanol–water partition coefficient (Wildman–Crippen LogP) is 4.80. The van der Waals surface area contributed by atoms with Gasteiger partial charge in [0.25, 0.3) is 5.56 Å². The van der Waals surface area contributed by atoms with Crippen molar-refractivity contribution in [3.05, 3.63) is 51.4 Å². The van der Waals surface area contributed by atoms with Crippen LogP contribution in [-0.4, -0.2) is 45.0 Å². The maximum absolute atomic E-state index is 14.6. The van der Waals surface area contributed by atoms with Crippen LogP contribution in [0.3, 0.4) is 0 Å². The summed E-state index contributed by atoms with van der Waals surface area (Å²) in [6.45, 7) is 1.83. The van der Waals surface area contributed by atoms with Crippen molar-refractivity contribution >= 4 is 25.5 Å². The minimum atomic E-state index is -2.03. The molecule has 0 aliphatic carbocycles. The zero-order valence-electron chi connectivity index (χ0n) is 24.9. The summed E-state index contributed by atoms with van der Waals surface area (Å²) >= 11 is 0. The molecule has 0 amide bonds. The number of hydrogen-bond donors (Lipinski definition) is 4. The normalized spacial score (nSPS) is 18.2. The maximum Gasteiger partial charge on any atom is 0.318 e. The van der Waals surface area contributed by atoms with Crippen LogP contribution in [0.5, 0.6) is 5.75 Å². The van der Waals surface area contributed by atoms with Crippen LogP contribution in [0.2, 0.25) is 0 Å². The second-order valence-corrected chi connectivity index (χ2v) is 11.8. The summed E-state index contributed by atoms with van der Waals surface area (Å²) in [5.74, 6) is 8.91. The van der Waals surface area contributed by atoms with Gasteiger partial charge < -0.3 is 29.2 Å². The van der Waals surface area contributed by atoms with Gasteiger partial charge in [0.2, 0.25) is 5.95 Å². The van der Waals surface area contributed by atoms with Gasteiger partial charge in [0, 0.05) is 38.4 Å². The highest BCUT2D eigenvalue weighted by molar-refractivity contribution is 7.45. The van der Waals surface area contributed by atoms with Gasteiger partial charge in [-0.15, -0.1) is 24.7 Å². The molecule has 1 saturated heterocycles. The summed E-state index contributed by atoms with van der Waals surface area (Å²) in [4.78, 5) is 19.6. The van der Waals surface area contributed by atoms with E-state index in [9.17, 15) is 18.7 Å². The topological polar surface area (TPSA) is 137 Å². The number of H-pyrrole nitrogens is 1. The summed E-state index contributed by atoms with van der Waals surface area (Å²) in [5.41, 5.74) is 6.53. The van der Waals surface area contributed by atoms with Gasteiger partial charge in [0.1, 0.15) is 6.23 Å². The Morgan fingerprint density at radius 3 is 2.60 bits per heavy atom. The Labute approximate surface area is 262 Å². The predicted molar refractivity (Wildman–Crippen MR) is 169 cm³/mol. The number of terminal acetylenes is 2. The molecule has 1 aliphatic rings. The number of rotatable bonds is 14. The maximum atomic E-state index is 14.6.